The Bertz CT molecular complexity index is 473. The van der Waals surface area contributed by atoms with Gasteiger partial charge in [-0.3, -0.25) is 0 Å². The summed E-state index contributed by atoms with van der Waals surface area (Å²) in [5.74, 6) is 0. The normalized spacial score (nSPS) is 10.5. The van der Waals surface area contributed by atoms with Gasteiger partial charge in [-0.25, -0.2) is 0 Å². The highest BCUT2D eigenvalue weighted by molar-refractivity contribution is 7.10. The van der Waals surface area contributed by atoms with Crippen LogP contribution in [0.3, 0.4) is 0 Å². The van der Waals surface area contributed by atoms with Crippen molar-refractivity contribution in [1.82, 2.24) is 0 Å². The predicted molar refractivity (Wildman–Crippen MR) is 76.8 cm³/mol. The van der Waals surface area contributed by atoms with Crippen LogP contribution in [0.5, 0.6) is 0 Å². The molecular weight excluding hydrogens is 226 g/mol. The molecule has 2 aromatic rings. The van der Waals surface area contributed by atoms with Crippen LogP contribution in [0, 0.1) is 6.92 Å². The molecule has 0 saturated carbocycles. The lowest BCUT2D eigenvalue weighted by molar-refractivity contribution is 0.920. The molecule has 0 aliphatic rings. The number of para-hydroxylation sites is 1. The van der Waals surface area contributed by atoms with E-state index < -0.39 is 0 Å². The molecule has 1 nitrogen and oxygen atoms in total. The zero-order valence-corrected chi connectivity index (χ0v) is 11.3. The van der Waals surface area contributed by atoms with Gasteiger partial charge in [-0.05, 0) is 42.0 Å². The lowest BCUT2D eigenvalue weighted by atomic mass is 10.1. The molecule has 2 heteroatoms. The summed E-state index contributed by atoms with van der Waals surface area (Å²) in [7, 11) is 0. The van der Waals surface area contributed by atoms with Crippen molar-refractivity contribution in [3.8, 4) is 0 Å². The van der Waals surface area contributed by atoms with Crippen molar-refractivity contribution in [2.45, 2.75) is 33.2 Å². The first-order valence-corrected chi connectivity index (χ1v) is 7.04. The topological polar surface area (TPSA) is 12.0 Å². The molecule has 0 saturated heterocycles. The van der Waals surface area contributed by atoms with Gasteiger partial charge in [0.1, 0.15) is 0 Å². The van der Waals surface area contributed by atoms with Gasteiger partial charge in [0.2, 0.25) is 0 Å². The molecule has 0 radical (unpaired) electrons. The Kier molecular flexibility index (Phi) is 4.21. The highest BCUT2D eigenvalue weighted by atomic mass is 32.1. The standard InChI is InChI=1S/C15H19NS/c1-3-6-13-7-4-5-8-14(13)16-11-15-12(2)9-10-17-15/h4-5,7-10,16H,3,6,11H2,1-2H3. The maximum atomic E-state index is 3.55. The highest BCUT2D eigenvalue weighted by Crippen LogP contribution is 2.20. The maximum absolute atomic E-state index is 3.55. The Morgan fingerprint density at radius 3 is 2.71 bits per heavy atom. The molecule has 0 unspecified atom stereocenters. The van der Waals surface area contributed by atoms with Crippen LogP contribution in [0.2, 0.25) is 0 Å². The summed E-state index contributed by atoms with van der Waals surface area (Å²) < 4.78 is 0. The average molecular weight is 245 g/mol. The zero-order valence-electron chi connectivity index (χ0n) is 10.5. The number of nitrogens with one attached hydrogen (secondary N) is 1. The Morgan fingerprint density at radius 1 is 1.18 bits per heavy atom. The molecule has 90 valence electrons. The van der Waals surface area contributed by atoms with Crippen LogP contribution in [0.1, 0.15) is 29.3 Å². The van der Waals surface area contributed by atoms with E-state index in [-0.39, 0.29) is 0 Å². The summed E-state index contributed by atoms with van der Waals surface area (Å²) in [4.78, 5) is 1.43. The summed E-state index contributed by atoms with van der Waals surface area (Å²) in [5.41, 5.74) is 4.09. The molecule has 0 atom stereocenters. The van der Waals surface area contributed by atoms with Crippen molar-refractivity contribution in [1.29, 1.82) is 0 Å². The molecule has 0 aliphatic heterocycles. The number of rotatable bonds is 5. The second kappa shape index (κ2) is 5.87. The van der Waals surface area contributed by atoms with E-state index in [1.807, 2.05) is 11.3 Å². The van der Waals surface area contributed by atoms with Gasteiger partial charge in [0.05, 0.1) is 0 Å². The zero-order chi connectivity index (χ0) is 12.1. The van der Waals surface area contributed by atoms with Crippen LogP contribution in [-0.2, 0) is 13.0 Å². The fourth-order valence-corrected chi connectivity index (χ4v) is 2.79. The van der Waals surface area contributed by atoms with E-state index in [0.717, 1.165) is 13.0 Å². The fourth-order valence-electron chi connectivity index (χ4n) is 1.94. The summed E-state index contributed by atoms with van der Waals surface area (Å²) in [6.07, 6.45) is 2.34. The molecular formula is C15H19NS. The number of anilines is 1. The monoisotopic (exact) mass is 245 g/mol. The van der Waals surface area contributed by atoms with Crippen LogP contribution in [0.15, 0.2) is 35.7 Å². The smallest absolute Gasteiger partial charge is 0.0496 e. The van der Waals surface area contributed by atoms with Gasteiger partial charge in [0.25, 0.3) is 0 Å². The number of benzene rings is 1. The molecule has 0 fully saturated rings. The van der Waals surface area contributed by atoms with Crippen LogP contribution >= 0.6 is 11.3 Å². The van der Waals surface area contributed by atoms with Crippen molar-refractivity contribution < 1.29 is 0 Å². The van der Waals surface area contributed by atoms with Crippen molar-refractivity contribution in [2.24, 2.45) is 0 Å². The number of hydrogen-bond acceptors (Lipinski definition) is 2. The van der Waals surface area contributed by atoms with E-state index >= 15 is 0 Å². The van der Waals surface area contributed by atoms with Gasteiger partial charge in [-0.1, -0.05) is 31.5 Å². The number of hydrogen-bond donors (Lipinski definition) is 1. The maximum Gasteiger partial charge on any atom is 0.0496 e. The third-order valence-electron chi connectivity index (χ3n) is 2.94. The van der Waals surface area contributed by atoms with Crippen LogP contribution in [0.4, 0.5) is 5.69 Å². The first kappa shape index (κ1) is 12.2. The van der Waals surface area contributed by atoms with Gasteiger partial charge in [-0.2, -0.15) is 0 Å². The van der Waals surface area contributed by atoms with Gasteiger partial charge < -0.3 is 5.32 Å². The van der Waals surface area contributed by atoms with Crippen LogP contribution < -0.4 is 5.32 Å². The number of thiophene rings is 1. The summed E-state index contributed by atoms with van der Waals surface area (Å²) in [6.45, 7) is 5.33. The van der Waals surface area contributed by atoms with E-state index in [1.54, 1.807) is 0 Å². The first-order valence-electron chi connectivity index (χ1n) is 6.16. The van der Waals surface area contributed by atoms with Crippen molar-refractivity contribution in [2.75, 3.05) is 5.32 Å². The van der Waals surface area contributed by atoms with E-state index in [0.29, 0.717) is 0 Å². The number of aryl methyl sites for hydroxylation is 2. The van der Waals surface area contributed by atoms with E-state index in [9.17, 15) is 0 Å². The first-order chi connectivity index (χ1) is 8.31. The fraction of sp³-hybridized carbons (Fsp3) is 0.333. The second-order valence-electron chi connectivity index (χ2n) is 4.29. The van der Waals surface area contributed by atoms with E-state index in [1.165, 1.54) is 28.1 Å². The Labute approximate surface area is 108 Å². The molecule has 0 aliphatic carbocycles. The van der Waals surface area contributed by atoms with Gasteiger partial charge in [-0.15, -0.1) is 11.3 Å². The van der Waals surface area contributed by atoms with Gasteiger partial charge in [0, 0.05) is 17.1 Å². The Balaban J connectivity index is 2.06. The molecule has 1 heterocycles. The molecule has 0 bridgehead atoms. The largest absolute Gasteiger partial charge is 0.380 e. The van der Waals surface area contributed by atoms with Gasteiger partial charge >= 0.3 is 0 Å². The third kappa shape index (κ3) is 3.10. The molecule has 17 heavy (non-hydrogen) atoms. The van der Waals surface area contributed by atoms with E-state index in [2.05, 4.69) is 54.9 Å². The lowest BCUT2D eigenvalue weighted by Gasteiger charge is -2.11. The van der Waals surface area contributed by atoms with E-state index in [4.69, 9.17) is 0 Å². The molecule has 1 aromatic heterocycles. The minimum atomic E-state index is 0.935. The quantitative estimate of drug-likeness (QED) is 0.810. The Hall–Kier alpha value is -1.28. The average Bonchev–Trinajstić information content (AvgIpc) is 2.74. The molecule has 0 amide bonds. The Morgan fingerprint density at radius 2 is 2.00 bits per heavy atom. The molecule has 0 spiro atoms. The highest BCUT2D eigenvalue weighted by Gasteiger charge is 2.02. The van der Waals surface area contributed by atoms with Crippen molar-refractivity contribution in [3.05, 3.63) is 51.7 Å². The second-order valence-corrected chi connectivity index (χ2v) is 5.29. The van der Waals surface area contributed by atoms with Crippen molar-refractivity contribution >= 4 is 17.0 Å². The van der Waals surface area contributed by atoms with Gasteiger partial charge in [0.15, 0.2) is 0 Å². The van der Waals surface area contributed by atoms with Crippen molar-refractivity contribution in [3.63, 3.8) is 0 Å². The van der Waals surface area contributed by atoms with Crippen LogP contribution in [-0.4, -0.2) is 0 Å². The minimum absolute atomic E-state index is 0.935. The predicted octanol–water partition coefficient (Wildman–Crippen LogP) is 4.62. The summed E-state index contributed by atoms with van der Waals surface area (Å²) in [6, 6.07) is 10.8. The van der Waals surface area contributed by atoms with Crippen LogP contribution in [0.25, 0.3) is 0 Å². The third-order valence-corrected chi connectivity index (χ3v) is 3.97. The lowest BCUT2D eigenvalue weighted by Crippen LogP contribution is -2.01. The minimum Gasteiger partial charge on any atom is -0.380 e. The summed E-state index contributed by atoms with van der Waals surface area (Å²) in [5, 5.41) is 5.71. The molecule has 2 rings (SSSR count). The SMILES string of the molecule is CCCc1ccccc1NCc1sccc1C. The summed E-state index contributed by atoms with van der Waals surface area (Å²) >= 11 is 1.83. The molecule has 1 aromatic carbocycles. The molecule has 1 N–H and O–H groups in total.